The molecule has 2 aliphatic rings. The van der Waals surface area contributed by atoms with Gasteiger partial charge in [0.1, 0.15) is 16.1 Å². The van der Waals surface area contributed by atoms with Gasteiger partial charge in [-0.15, -0.1) is 11.1 Å². The summed E-state index contributed by atoms with van der Waals surface area (Å²) in [6.45, 7) is 42.1. The molecule has 0 amide bonds. The van der Waals surface area contributed by atoms with E-state index in [0.717, 1.165) is 123 Å². The zero-order chi connectivity index (χ0) is 65.6. The third-order valence-corrected chi connectivity index (χ3v) is 32.8. The van der Waals surface area contributed by atoms with Crippen molar-refractivity contribution >= 4 is 62.5 Å². The van der Waals surface area contributed by atoms with Crippen molar-refractivity contribution in [1.29, 1.82) is 0 Å². The smallest absolute Gasteiger partial charge is 0.146 e. The average molecular weight is 1240 g/mol. The Bertz CT molecular complexity index is 4210. The summed E-state index contributed by atoms with van der Waals surface area (Å²) in [6.07, 6.45) is 8.77. The van der Waals surface area contributed by atoms with Crippen LogP contribution in [0.15, 0.2) is 170 Å². The van der Waals surface area contributed by atoms with Crippen LogP contribution in [-0.4, -0.2) is 36.1 Å². The maximum atomic E-state index is 5.68. The molecule has 0 aliphatic carbocycles. The van der Waals surface area contributed by atoms with Crippen molar-refractivity contribution in [3.63, 3.8) is 0 Å². The number of benzene rings is 6. The summed E-state index contributed by atoms with van der Waals surface area (Å²) in [5.74, 6) is 7.32. The topological polar surface area (TPSA) is 57.4 Å². The first-order chi connectivity index (χ1) is 43.8. The highest BCUT2D eigenvalue weighted by atomic mass is 28.3. The number of fused-ring (bicyclic) bond motifs is 8. The number of hydrogen-bond donors (Lipinski definition) is 2. The number of H-pyrrole nitrogens is 2. The standard InChI is InChI=1S/C86H94N4Si2/c1-55(2)91(56(3)4,57(5)6)53-51-61-19-23-63(24-20-61)65-27-31-67(32-28-65)81-73-43-47-77(87-73)83(69-35-39-71(40-36-69)85(13,14)15)79-49-45-75(89-79)82(76-46-50-80(90-76)84(78-48-44-74(81)88-78)70-37-41-72(42-38-70)86(16,17)18)68-33-29-66(30-34-68)64-25-21-62(22-26-64)52-54-92(58(7)8,59(9)10)60(11)12/h19-50,55-60,87,90H,1-18H3. The van der Waals surface area contributed by atoms with Gasteiger partial charge in [0.15, 0.2) is 0 Å². The highest BCUT2D eigenvalue weighted by molar-refractivity contribution is 6.91. The number of nitrogens with one attached hydrogen (secondary N) is 2. The lowest BCUT2D eigenvalue weighted by molar-refractivity contribution is 0.590. The Labute approximate surface area is 552 Å². The molecule has 8 bridgehead atoms. The Morgan fingerprint density at radius 2 is 0.489 bits per heavy atom. The normalized spacial score (nSPS) is 12.8. The van der Waals surface area contributed by atoms with Gasteiger partial charge in [0.05, 0.1) is 22.8 Å². The van der Waals surface area contributed by atoms with Gasteiger partial charge in [0.25, 0.3) is 0 Å². The quantitative estimate of drug-likeness (QED) is 0.0946. The summed E-state index contributed by atoms with van der Waals surface area (Å²) in [6, 6.07) is 62.7. The maximum Gasteiger partial charge on any atom is 0.146 e. The molecule has 0 spiro atoms. The van der Waals surface area contributed by atoms with Gasteiger partial charge in [-0.2, -0.15) is 0 Å². The first-order valence-electron chi connectivity index (χ1n) is 33.6. The second-order valence-electron chi connectivity index (χ2n) is 29.8. The zero-order valence-electron chi connectivity index (χ0n) is 57.8. The van der Waals surface area contributed by atoms with E-state index in [4.69, 9.17) is 9.97 Å². The van der Waals surface area contributed by atoms with Crippen molar-refractivity contribution in [2.75, 3.05) is 0 Å². The van der Waals surface area contributed by atoms with Gasteiger partial charge in [-0.3, -0.25) is 0 Å². The van der Waals surface area contributed by atoms with Gasteiger partial charge in [-0.05, 0) is 173 Å². The first kappa shape index (κ1) is 65.0. The Morgan fingerprint density at radius 3 is 0.707 bits per heavy atom. The molecule has 0 unspecified atom stereocenters. The molecule has 466 valence electrons. The first-order valence-corrected chi connectivity index (χ1v) is 38.1. The van der Waals surface area contributed by atoms with Crippen LogP contribution in [0.4, 0.5) is 0 Å². The molecule has 5 heterocycles. The molecule has 4 nitrogen and oxygen atoms in total. The summed E-state index contributed by atoms with van der Waals surface area (Å²) in [7, 11) is -3.74. The number of aromatic amines is 2. The van der Waals surface area contributed by atoms with Gasteiger partial charge < -0.3 is 9.97 Å². The molecule has 9 aromatic rings. The summed E-state index contributed by atoms with van der Waals surface area (Å²) < 4.78 is 0. The molecule has 0 fully saturated rings. The summed E-state index contributed by atoms with van der Waals surface area (Å²) in [5.41, 5.74) is 36.4. The SMILES string of the molecule is CC(C)[Si](C#Cc1ccc(-c2ccc(-c3c4nc(c(-c5ccc(C(C)(C)C)cc5)c5ccc([nH]5)c(-c5ccc(-c6ccc(C#C[Si](C(C)C)(C(C)C)C(C)C)cc6)cc5)c5nc(c(-c6ccc(C(C)(C)C)cc6)c6ccc3[nH]6)C=C5)C=C4)cc2)cc1)(C(C)C)C(C)C. The minimum Gasteiger partial charge on any atom is -0.354 e. The fourth-order valence-electron chi connectivity index (χ4n) is 15.1. The molecule has 0 saturated heterocycles. The Balaban J connectivity index is 1.09. The highest BCUT2D eigenvalue weighted by Crippen LogP contribution is 2.44. The third kappa shape index (κ3) is 12.7. The van der Waals surface area contributed by atoms with Crippen LogP contribution < -0.4 is 0 Å². The monoisotopic (exact) mass is 1240 g/mol. The minimum atomic E-state index is -1.87. The van der Waals surface area contributed by atoms with Crippen LogP contribution in [0.25, 0.3) is 113 Å². The predicted octanol–water partition coefficient (Wildman–Crippen LogP) is 24.4. The average Bonchev–Trinajstić information content (AvgIpc) is 1.60. The number of nitrogens with zero attached hydrogens (tertiary/aromatic N) is 2. The molecule has 0 atom stereocenters. The van der Waals surface area contributed by atoms with Crippen LogP contribution in [0.2, 0.25) is 33.2 Å². The van der Waals surface area contributed by atoms with Crippen molar-refractivity contribution in [3.05, 3.63) is 215 Å². The van der Waals surface area contributed by atoms with Crippen LogP contribution >= 0.6 is 0 Å². The van der Waals surface area contributed by atoms with Crippen LogP contribution in [0, 0.1) is 22.9 Å². The molecule has 92 heavy (non-hydrogen) atoms. The van der Waals surface area contributed by atoms with Gasteiger partial charge in [0, 0.05) is 55.4 Å². The second-order valence-corrected chi connectivity index (χ2v) is 40.9. The molecule has 0 radical (unpaired) electrons. The van der Waals surface area contributed by atoms with Crippen LogP contribution in [-0.2, 0) is 10.8 Å². The second kappa shape index (κ2) is 25.9. The maximum absolute atomic E-state index is 5.68. The van der Waals surface area contributed by atoms with E-state index in [1.807, 2.05) is 0 Å². The van der Waals surface area contributed by atoms with E-state index in [1.165, 1.54) is 11.1 Å². The molecule has 3 aromatic heterocycles. The van der Waals surface area contributed by atoms with Crippen molar-refractivity contribution < 1.29 is 0 Å². The molecule has 11 rings (SSSR count). The fourth-order valence-corrected chi connectivity index (χ4v) is 25.5. The lowest BCUT2D eigenvalue weighted by Gasteiger charge is -2.38. The van der Waals surface area contributed by atoms with E-state index >= 15 is 0 Å². The Hall–Kier alpha value is -8.53. The molecule has 6 aromatic carbocycles. The molecular formula is C86H94N4Si2. The van der Waals surface area contributed by atoms with E-state index in [0.29, 0.717) is 33.2 Å². The van der Waals surface area contributed by atoms with Crippen LogP contribution in [0.3, 0.4) is 0 Å². The van der Waals surface area contributed by atoms with Gasteiger partial charge in [-0.25, -0.2) is 9.97 Å². The number of aromatic nitrogens is 4. The van der Waals surface area contributed by atoms with Crippen LogP contribution in [0.5, 0.6) is 0 Å². The van der Waals surface area contributed by atoms with Crippen molar-refractivity contribution in [2.45, 2.75) is 169 Å². The summed E-state index contributed by atoms with van der Waals surface area (Å²) >= 11 is 0. The van der Waals surface area contributed by atoms with Crippen molar-refractivity contribution in [3.8, 4) is 89.7 Å². The third-order valence-electron chi connectivity index (χ3n) is 20.2. The van der Waals surface area contributed by atoms with E-state index < -0.39 is 16.1 Å². The summed E-state index contributed by atoms with van der Waals surface area (Å²) in [5, 5.41) is 0. The number of hydrogen-bond acceptors (Lipinski definition) is 2. The molecule has 2 N–H and O–H groups in total. The molecule has 0 saturated carbocycles. The molecule has 2 aliphatic heterocycles. The van der Waals surface area contributed by atoms with Crippen molar-refractivity contribution in [1.82, 2.24) is 19.9 Å². The van der Waals surface area contributed by atoms with E-state index in [1.54, 1.807) is 0 Å². The minimum absolute atomic E-state index is 0.0105. The van der Waals surface area contributed by atoms with E-state index in [2.05, 4.69) is 352 Å². The predicted molar refractivity (Wildman–Crippen MR) is 405 cm³/mol. The highest BCUT2D eigenvalue weighted by Gasteiger charge is 2.43. The Kier molecular flexibility index (Phi) is 18.3. The Morgan fingerprint density at radius 1 is 0.283 bits per heavy atom. The van der Waals surface area contributed by atoms with Gasteiger partial charge in [-0.1, -0.05) is 258 Å². The lowest BCUT2D eigenvalue weighted by atomic mass is 9.86. The lowest BCUT2D eigenvalue weighted by Crippen LogP contribution is -2.43. The fraction of sp³-hybridized carbons (Fsp3) is 0.302. The van der Waals surface area contributed by atoms with Crippen LogP contribution in [0.1, 0.15) is 170 Å². The zero-order valence-corrected chi connectivity index (χ0v) is 59.8. The van der Waals surface area contributed by atoms with E-state index in [-0.39, 0.29) is 10.8 Å². The summed E-state index contributed by atoms with van der Waals surface area (Å²) in [4.78, 5) is 19.4. The van der Waals surface area contributed by atoms with E-state index in [9.17, 15) is 0 Å². The largest absolute Gasteiger partial charge is 0.354 e. The van der Waals surface area contributed by atoms with Crippen molar-refractivity contribution in [2.24, 2.45) is 0 Å². The number of rotatable bonds is 12. The van der Waals surface area contributed by atoms with Gasteiger partial charge >= 0.3 is 0 Å². The van der Waals surface area contributed by atoms with Gasteiger partial charge in [0.2, 0.25) is 0 Å². The molecule has 6 heteroatoms. The molecular weight excluding hydrogens is 1150 g/mol.